The van der Waals surface area contributed by atoms with Crippen molar-refractivity contribution < 1.29 is 9.66 Å². The van der Waals surface area contributed by atoms with Gasteiger partial charge in [-0.25, -0.2) is 4.98 Å². The maximum atomic E-state index is 10.6. The van der Waals surface area contributed by atoms with Crippen LogP contribution in [0, 0.1) is 10.1 Å². The normalized spacial score (nSPS) is 10.1. The van der Waals surface area contributed by atoms with Crippen LogP contribution in [0.2, 0.25) is 0 Å². The first-order valence-corrected chi connectivity index (χ1v) is 6.75. The number of benzene rings is 1. The van der Waals surface area contributed by atoms with Crippen LogP contribution in [0.15, 0.2) is 42.6 Å². The van der Waals surface area contributed by atoms with Crippen LogP contribution >= 0.6 is 0 Å². The monoisotopic (exact) mass is 287 g/mol. The lowest BCUT2D eigenvalue weighted by Gasteiger charge is -2.10. The fourth-order valence-corrected chi connectivity index (χ4v) is 1.90. The van der Waals surface area contributed by atoms with E-state index in [-0.39, 0.29) is 5.69 Å². The second kappa shape index (κ2) is 7.23. The number of hydrogen-bond donors (Lipinski definition) is 1. The molecule has 1 aromatic carbocycles. The summed E-state index contributed by atoms with van der Waals surface area (Å²) in [6.45, 7) is 3.19. The van der Waals surface area contributed by atoms with E-state index in [0.29, 0.717) is 19.0 Å². The van der Waals surface area contributed by atoms with E-state index in [0.717, 1.165) is 17.7 Å². The van der Waals surface area contributed by atoms with Crippen LogP contribution < -0.4 is 10.1 Å². The zero-order valence-electron chi connectivity index (χ0n) is 11.8. The van der Waals surface area contributed by atoms with Gasteiger partial charge >= 0.3 is 0 Å². The first-order valence-electron chi connectivity index (χ1n) is 6.75. The predicted molar refractivity (Wildman–Crippen MR) is 80.7 cm³/mol. The summed E-state index contributed by atoms with van der Waals surface area (Å²) >= 11 is 0. The number of nitro groups is 1. The summed E-state index contributed by atoms with van der Waals surface area (Å²) in [4.78, 5) is 14.4. The van der Waals surface area contributed by atoms with Crippen LogP contribution in [-0.4, -0.2) is 23.1 Å². The van der Waals surface area contributed by atoms with E-state index in [1.54, 1.807) is 18.3 Å². The molecule has 1 heterocycles. The predicted octanol–water partition coefficient (Wildman–Crippen LogP) is 3.04. The van der Waals surface area contributed by atoms with Crippen molar-refractivity contribution >= 4 is 11.5 Å². The van der Waals surface area contributed by atoms with Gasteiger partial charge in [-0.2, -0.15) is 0 Å². The van der Waals surface area contributed by atoms with E-state index in [4.69, 9.17) is 4.74 Å². The Morgan fingerprint density at radius 2 is 2.05 bits per heavy atom. The Labute approximate surface area is 122 Å². The molecule has 1 aromatic heterocycles. The molecule has 0 saturated heterocycles. The van der Waals surface area contributed by atoms with E-state index < -0.39 is 4.92 Å². The Bertz CT molecular complexity index is 599. The molecule has 0 aliphatic carbocycles. The summed E-state index contributed by atoms with van der Waals surface area (Å²) < 4.78 is 5.48. The third kappa shape index (κ3) is 4.17. The third-order valence-corrected chi connectivity index (χ3v) is 2.92. The molecule has 1 N–H and O–H groups in total. The van der Waals surface area contributed by atoms with Gasteiger partial charge in [0, 0.05) is 24.9 Å². The number of nitro benzene ring substituents is 1. The van der Waals surface area contributed by atoms with Gasteiger partial charge < -0.3 is 10.1 Å². The third-order valence-electron chi connectivity index (χ3n) is 2.92. The van der Waals surface area contributed by atoms with E-state index in [1.807, 2.05) is 19.1 Å². The quantitative estimate of drug-likeness (QED) is 0.625. The average molecular weight is 287 g/mol. The van der Waals surface area contributed by atoms with Gasteiger partial charge in [0.1, 0.15) is 0 Å². The van der Waals surface area contributed by atoms with E-state index in [2.05, 4.69) is 10.3 Å². The zero-order chi connectivity index (χ0) is 15.1. The van der Waals surface area contributed by atoms with Crippen LogP contribution in [0.25, 0.3) is 0 Å². The maximum Gasteiger partial charge on any atom is 0.269 e. The molecule has 0 bridgehead atoms. The van der Waals surface area contributed by atoms with Crippen LogP contribution in [0.1, 0.15) is 12.5 Å². The van der Waals surface area contributed by atoms with Crippen LogP contribution in [-0.2, 0) is 6.42 Å². The summed E-state index contributed by atoms with van der Waals surface area (Å²) in [5, 5.41) is 13.8. The SMILES string of the molecule is CCOc1cccnc1NCCc1ccc([N+](=O)[O-])cc1. The molecule has 6 nitrogen and oxygen atoms in total. The molecule has 0 atom stereocenters. The molecule has 0 amide bonds. The molecule has 6 heteroatoms. The highest BCUT2D eigenvalue weighted by Gasteiger charge is 2.05. The number of rotatable bonds is 7. The highest BCUT2D eigenvalue weighted by atomic mass is 16.6. The van der Waals surface area contributed by atoms with Gasteiger partial charge in [0.2, 0.25) is 0 Å². The molecule has 0 unspecified atom stereocenters. The number of pyridine rings is 1. The lowest BCUT2D eigenvalue weighted by atomic mass is 10.1. The largest absolute Gasteiger partial charge is 0.490 e. The Morgan fingerprint density at radius 1 is 1.29 bits per heavy atom. The van der Waals surface area contributed by atoms with Gasteiger partial charge in [-0.3, -0.25) is 10.1 Å². The number of nitrogens with zero attached hydrogens (tertiary/aromatic N) is 2. The van der Waals surface area contributed by atoms with Gasteiger partial charge in [-0.05, 0) is 31.0 Å². The molecule has 0 saturated carbocycles. The van der Waals surface area contributed by atoms with Crippen molar-refractivity contribution in [2.45, 2.75) is 13.3 Å². The maximum absolute atomic E-state index is 10.6. The number of ether oxygens (including phenoxy) is 1. The Kier molecular flexibility index (Phi) is 5.09. The lowest BCUT2D eigenvalue weighted by Crippen LogP contribution is -2.08. The van der Waals surface area contributed by atoms with Gasteiger partial charge in [0.05, 0.1) is 11.5 Å². The smallest absolute Gasteiger partial charge is 0.269 e. The van der Waals surface area contributed by atoms with Gasteiger partial charge in [0.15, 0.2) is 11.6 Å². The molecule has 0 spiro atoms. The topological polar surface area (TPSA) is 77.3 Å². The molecule has 2 aromatic rings. The summed E-state index contributed by atoms with van der Waals surface area (Å²) in [5.74, 6) is 1.44. The Hall–Kier alpha value is -2.63. The highest BCUT2D eigenvalue weighted by molar-refractivity contribution is 5.49. The Balaban J connectivity index is 1.91. The zero-order valence-corrected chi connectivity index (χ0v) is 11.8. The minimum absolute atomic E-state index is 0.107. The molecule has 0 radical (unpaired) electrons. The molecule has 110 valence electrons. The average Bonchev–Trinajstić information content (AvgIpc) is 2.50. The molecule has 2 rings (SSSR count). The van der Waals surface area contributed by atoms with Gasteiger partial charge in [-0.1, -0.05) is 12.1 Å². The number of aromatic nitrogens is 1. The Morgan fingerprint density at radius 3 is 2.71 bits per heavy atom. The summed E-state index contributed by atoms with van der Waals surface area (Å²) in [6, 6.07) is 10.3. The van der Waals surface area contributed by atoms with Crippen LogP contribution in [0.4, 0.5) is 11.5 Å². The van der Waals surface area contributed by atoms with E-state index >= 15 is 0 Å². The summed E-state index contributed by atoms with van der Waals surface area (Å²) in [5.41, 5.74) is 1.14. The second-order valence-corrected chi connectivity index (χ2v) is 4.38. The van der Waals surface area contributed by atoms with Crippen molar-refractivity contribution in [3.8, 4) is 5.75 Å². The van der Waals surface area contributed by atoms with Crippen molar-refractivity contribution in [2.75, 3.05) is 18.5 Å². The van der Waals surface area contributed by atoms with Gasteiger partial charge in [-0.15, -0.1) is 0 Å². The van der Waals surface area contributed by atoms with Crippen molar-refractivity contribution in [1.82, 2.24) is 4.98 Å². The standard InChI is InChI=1S/C15H17N3O3/c1-2-21-14-4-3-10-16-15(14)17-11-9-12-5-7-13(8-6-12)18(19)20/h3-8,10H,2,9,11H2,1H3,(H,16,17). The fourth-order valence-electron chi connectivity index (χ4n) is 1.90. The minimum atomic E-state index is -0.399. The van der Waals surface area contributed by atoms with E-state index in [1.165, 1.54) is 12.1 Å². The first-order chi connectivity index (χ1) is 10.2. The molecule has 0 aliphatic heterocycles. The molecule has 0 fully saturated rings. The van der Waals surface area contributed by atoms with Crippen molar-refractivity contribution in [2.24, 2.45) is 0 Å². The highest BCUT2D eigenvalue weighted by Crippen LogP contribution is 2.20. The summed E-state index contributed by atoms with van der Waals surface area (Å²) in [7, 11) is 0. The molecule has 21 heavy (non-hydrogen) atoms. The van der Waals surface area contributed by atoms with Crippen LogP contribution in [0.3, 0.4) is 0 Å². The number of anilines is 1. The number of non-ortho nitro benzene ring substituents is 1. The van der Waals surface area contributed by atoms with Gasteiger partial charge in [0.25, 0.3) is 5.69 Å². The number of nitrogens with one attached hydrogen (secondary N) is 1. The number of hydrogen-bond acceptors (Lipinski definition) is 5. The molecular formula is C15H17N3O3. The molecular weight excluding hydrogens is 270 g/mol. The molecule has 0 aliphatic rings. The second-order valence-electron chi connectivity index (χ2n) is 4.38. The first kappa shape index (κ1) is 14.8. The minimum Gasteiger partial charge on any atom is -0.490 e. The van der Waals surface area contributed by atoms with Crippen molar-refractivity contribution in [3.63, 3.8) is 0 Å². The van der Waals surface area contributed by atoms with Crippen molar-refractivity contribution in [1.29, 1.82) is 0 Å². The summed E-state index contributed by atoms with van der Waals surface area (Å²) in [6.07, 6.45) is 2.46. The van der Waals surface area contributed by atoms with Crippen LogP contribution in [0.5, 0.6) is 5.75 Å². The fraction of sp³-hybridized carbons (Fsp3) is 0.267. The van der Waals surface area contributed by atoms with E-state index in [9.17, 15) is 10.1 Å². The van der Waals surface area contributed by atoms with Crippen molar-refractivity contribution in [3.05, 3.63) is 58.3 Å². The lowest BCUT2D eigenvalue weighted by molar-refractivity contribution is -0.384.